The number of nitrogens with zero attached hydrogens (tertiary/aromatic N) is 2. The van der Waals surface area contributed by atoms with Gasteiger partial charge in [0, 0.05) is 5.56 Å². The molecule has 0 aliphatic carbocycles. The average Bonchev–Trinajstić information content (AvgIpc) is 3.09. The second-order valence-corrected chi connectivity index (χ2v) is 8.40. The molecule has 1 aromatic heterocycles. The van der Waals surface area contributed by atoms with Gasteiger partial charge in [-0.05, 0) is 42.8 Å². The predicted octanol–water partition coefficient (Wildman–Crippen LogP) is 3.21. The quantitative estimate of drug-likeness (QED) is 0.547. The van der Waals surface area contributed by atoms with Crippen LogP contribution in [0.3, 0.4) is 0 Å². The van der Waals surface area contributed by atoms with Crippen molar-refractivity contribution in [3.05, 3.63) is 95.4 Å². The van der Waals surface area contributed by atoms with Crippen molar-refractivity contribution in [3.63, 3.8) is 0 Å². The van der Waals surface area contributed by atoms with Gasteiger partial charge in [-0.2, -0.15) is 0 Å². The van der Waals surface area contributed by atoms with Gasteiger partial charge in [-0.25, -0.2) is 14.2 Å². The molecule has 3 aromatic rings. The summed E-state index contributed by atoms with van der Waals surface area (Å²) in [5, 5.41) is 0.189. The standard InChI is InChI=1S/C23H18ClFN2O4S/c1-12-19(22(29)31-3)20(13-7-9-14(30-2)10-8-13)27-21(28)18(32-23(27)26-12)11-15-16(24)5-4-6-17(15)25/h4-11,20H,1-3H3/b18-11+/t20-/m0/s1. The number of aromatic nitrogens is 1. The molecule has 1 aliphatic heterocycles. The van der Waals surface area contributed by atoms with Crippen molar-refractivity contribution in [2.24, 2.45) is 4.99 Å². The molecule has 0 amide bonds. The molecule has 6 nitrogen and oxygen atoms in total. The lowest BCUT2D eigenvalue weighted by molar-refractivity contribution is -0.136. The summed E-state index contributed by atoms with van der Waals surface area (Å²) < 4.78 is 26.2. The lowest BCUT2D eigenvalue weighted by Crippen LogP contribution is -2.39. The molecule has 0 saturated carbocycles. The molecule has 1 atom stereocenters. The Labute approximate surface area is 191 Å². The number of hydrogen-bond acceptors (Lipinski definition) is 6. The number of allylic oxidation sites excluding steroid dienone is 1. The molecule has 2 aromatic carbocycles. The van der Waals surface area contributed by atoms with Gasteiger partial charge in [-0.1, -0.05) is 41.1 Å². The van der Waals surface area contributed by atoms with E-state index in [2.05, 4.69) is 4.99 Å². The van der Waals surface area contributed by atoms with E-state index in [1.54, 1.807) is 44.4 Å². The molecule has 0 N–H and O–H groups in total. The Morgan fingerprint density at radius 1 is 1.22 bits per heavy atom. The molecular formula is C23H18ClFN2O4S. The number of thiazole rings is 1. The summed E-state index contributed by atoms with van der Waals surface area (Å²) in [5.41, 5.74) is 1.07. The minimum atomic E-state index is -0.761. The number of rotatable bonds is 4. The molecule has 0 saturated heterocycles. The highest BCUT2D eigenvalue weighted by Gasteiger charge is 2.33. The maximum absolute atomic E-state index is 14.3. The summed E-state index contributed by atoms with van der Waals surface area (Å²) in [6.07, 6.45) is 1.41. The van der Waals surface area contributed by atoms with Crippen LogP contribution in [0, 0.1) is 5.82 Å². The van der Waals surface area contributed by atoms with Gasteiger partial charge in [0.05, 0.1) is 41.1 Å². The number of hydrogen-bond donors (Lipinski definition) is 0. The smallest absolute Gasteiger partial charge is 0.338 e. The van der Waals surface area contributed by atoms with Crippen molar-refractivity contribution in [2.75, 3.05) is 14.2 Å². The largest absolute Gasteiger partial charge is 0.497 e. The first kappa shape index (κ1) is 22.0. The molecule has 4 rings (SSSR count). The van der Waals surface area contributed by atoms with E-state index in [0.717, 1.165) is 11.3 Å². The van der Waals surface area contributed by atoms with Gasteiger partial charge in [-0.3, -0.25) is 9.36 Å². The molecule has 0 radical (unpaired) electrons. The first-order chi connectivity index (χ1) is 15.3. The van der Waals surface area contributed by atoms with Crippen LogP contribution in [0.2, 0.25) is 5.02 Å². The third-order valence-electron chi connectivity index (χ3n) is 5.13. The number of benzene rings is 2. The number of carbonyl (C=O) groups excluding carboxylic acids is 1. The Morgan fingerprint density at radius 2 is 1.94 bits per heavy atom. The molecule has 0 bridgehead atoms. The second-order valence-electron chi connectivity index (χ2n) is 6.98. The molecule has 0 spiro atoms. The van der Waals surface area contributed by atoms with Crippen LogP contribution in [0.4, 0.5) is 4.39 Å². The topological polar surface area (TPSA) is 69.9 Å². The molecule has 164 valence electrons. The molecule has 1 aliphatic rings. The summed E-state index contributed by atoms with van der Waals surface area (Å²) in [5.74, 6) is -0.490. The van der Waals surface area contributed by atoms with Crippen LogP contribution in [0.1, 0.15) is 24.1 Å². The zero-order valence-corrected chi connectivity index (χ0v) is 19.0. The lowest BCUT2D eigenvalue weighted by Gasteiger charge is -2.24. The summed E-state index contributed by atoms with van der Waals surface area (Å²) in [4.78, 5) is 30.9. The van der Waals surface area contributed by atoms with E-state index in [-0.39, 0.29) is 20.7 Å². The Hall–Kier alpha value is -3.23. The Balaban J connectivity index is 1.99. The van der Waals surface area contributed by atoms with E-state index in [0.29, 0.717) is 21.8 Å². The predicted molar refractivity (Wildman–Crippen MR) is 120 cm³/mol. The summed E-state index contributed by atoms with van der Waals surface area (Å²) >= 11 is 7.24. The molecule has 0 fully saturated rings. The minimum Gasteiger partial charge on any atom is -0.497 e. The van der Waals surface area contributed by atoms with E-state index < -0.39 is 23.4 Å². The van der Waals surface area contributed by atoms with Gasteiger partial charge in [0.2, 0.25) is 0 Å². The van der Waals surface area contributed by atoms with Crippen LogP contribution >= 0.6 is 22.9 Å². The zero-order chi connectivity index (χ0) is 23.0. The fourth-order valence-electron chi connectivity index (χ4n) is 3.57. The summed E-state index contributed by atoms with van der Waals surface area (Å²) in [6, 6.07) is 10.6. The van der Waals surface area contributed by atoms with Crippen molar-refractivity contribution in [1.29, 1.82) is 0 Å². The zero-order valence-electron chi connectivity index (χ0n) is 17.4. The van der Waals surface area contributed by atoms with Crippen LogP contribution in [0.25, 0.3) is 6.08 Å². The molecule has 0 unspecified atom stereocenters. The van der Waals surface area contributed by atoms with Gasteiger partial charge in [0.1, 0.15) is 11.6 Å². The van der Waals surface area contributed by atoms with Gasteiger partial charge in [-0.15, -0.1) is 0 Å². The van der Waals surface area contributed by atoms with Crippen LogP contribution in [0.15, 0.2) is 63.5 Å². The van der Waals surface area contributed by atoms with E-state index in [1.807, 2.05) is 0 Å². The van der Waals surface area contributed by atoms with Crippen molar-refractivity contribution < 1.29 is 18.7 Å². The number of carbonyl (C=O) groups is 1. The van der Waals surface area contributed by atoms with Gasteiger partial charge in [0.25, 0.3) is 5.56 Å². The Kier molecular flexibility index (Phi) is 5.99. The van der Waals surface area contributed by atoms with E-state index in [4.69, 9.17) is 21.1 Å². The van der Waals surface area contributed by atoms with Crippen LogP contribution in [0.5, 0.6) is 5.75 Å². The van der Waals surface area contributed by atoms with Crippen molar-refractivity contribution in [3.8, 4) is 5.75 Å². The Morgan fingerprint density at radius 3 is 2.56 bits per heavy atom. The highest BCUT2D eigenvalue weighted by molar-refractivity contribution is 7.07. The maximum Gasteiger partial charge on any atom is 0.338 e. The molecular weight excluding hydrogens is 455 g/mol. The average molecular weight is 473 g/mol. The van der Waals surface area contributed by atoms with Gasteiger partial charge < -0.3 is 9.47 Å². The highest BCUT2D eigenvalue weighted by atomic mass is 35.5. The first-order valence-electron chi connectivity index (χ1n) is 9.54. The Bertz CT molecular complexity index is 1400. The molecule has 32 heavy (non-hydrogen) atoms. The van der Waals surface area contributed by atoms with Crippen LogP contribution < -0.4 is 19.6 Å². The van der Waals surface area contributed by atoms with Gasteiger partial charge in [0.15, 0.2) is 4.80 Å². The van der Waals surface area contributed by atoms with Gasteiger partial charge >= 0.3 is 5.97 Å². The van der Waals surface area contributed by atoms with Crippen LogP contribution in [-0.4, -0.2) is 24.8 Å². The minimum absolute atomic E-state index is 0.115. The number of ether oxygens (including phenoxy) is 2. The van der Waals surface area contributed by atoms with E-state index in [9.17, 15) is 14.0 Å². The van der Waals surface area contributed by atoms with E-state index in [1.165, 1.54) is 29.9 Å². The van der Waals surface area contributed by atoms with Crippen molar-refractivity contribution in [2.45, 2.75) is 13.0 Å². The summed E-state index contributed by atoms with van der Waals surface area (Å²) in [7, 11) is 2.83. The number of methoxy groups -OCH3 is 2. The third-order valence-corrected chi connectivity index (χ3v) is 6.45. The summed E-state index contributed by atoms with van der Waals surface area (Å²) in [6.45, 7) is 1.69. The van der Waals surface area contributed by atoms with Crippen molar-refractivity contribution >= 4 is 35.0 Å². The molecule has 2 heterocycles. The van der Waals surface area contributed by atoms with Crippen LogP contribution in [-0.2, 0) is 9.53 Å². The fourth-order valence-corrected chi connectivity index (χ4v) is 4.82. The monoisotopic (exact) mass is 472 g/mol. The van der Waals surface area contributed by atoms with Crippen molar-refractivity contribution in [1.82, 2.24) is 4.57 Å². The number of halogens is 2. The maximum atomic E-state index is 14.3. The second kappa shape index (κ2) is 8.72. The first-order valence-corrected chi connectivity index (χ1v) is 10.7. The molecule has 9 heteroatoms. The number of fused-ring (bicyclic) bond motifs is 1. The fraction of sp³-hybridized carbons (Fsp3) is 0.174. The SMILES string of the molecule is COC(=O)C1=C(C)N=c2s/c(=C/c3c(F)cccc3Cl)c(=O)n2[C@H]1c1ccc(OC)cc1. The lowest BCUT2D eigenvalue weighted by atomic mass is 9.96. The highest BCUT2D eigenvalue weighted by Crippen LogP contribution is 2.31. The normalized spacial score (nSPS) is 15.9. The third kappa shape index (κ3) is 3.76. The van der Waals surface area contributed by atoms with E-state index >= 15 is 0 Å². The number of esters is 1.